The third-order valence-corrected chi connectivity index (χ3v) is 4.39. The monoisotopic (exact) mass is 337 g/mol. The van der Waals surface area contributed by atoms with Crippen LogP contribution in [0.3, 0.4) is 0 Å². The summed E-state index contributed by atoms with van der Waals surface area (Å²) in [5.74, 6) is -0.290. The highest BCUT2D eigenvalue weighted by Gasteiger charge is 2.23. The molecule has 134 valence electrons. The molecule has 1 saturated carbocycles. The Hall–Kier alpha value is -1.66. The molecule has 0 spiro atoms. The predicted octanol–water partition coefficient (Wildman–Crippen LogP) is 2.20. The molecule has 0 bridgehead atoms. The van der Waals surface area contributed by atoms with Crippen molar-refractivity contribution in [2.45, 2.75) is 44.4 Å². The lowest BCUT2D eigenvalue weighted by Gasteiger charge is -2.30. The summed E-state index contributed by atoms with van der Waals surface area (Å²) >= 11 is 0. The van der Waals surface area contributed by atoms with E-state index in [4.69, 9.17) is 0 Å². The summed E-state index contributed by atoms with van der Waals surface area (Å²) in [5.41, 5.74) is 0.781. The molecule has 2 amide bonds. The van der Waals surface area contributed by atoms with Gasteiger partial charge in [0, 0.05) is 25.7 Å². The van der Waals surface area contributed by atoms with Crippen LogP contribution in [-0.4, -0.2) is 60.3 Å². The largest absolute Gasteiger partial charge is 0.393 e. The van der Waals surface area contributed by atoms with Gasteiger partial charge in [-0.25, -0.2) is 9.18 Å². The second-order valence-corrected chi connectivity index (χ2v) is 6.81. The molecule has 1 fully saturated rings. The van der Waals surface area contributed by atoms with Gasteiger partial charge in [-0.15, -0.1) is 0 Å². The second-order valence-electron chi connectivity index (χ2n) is 6.81. The molecule has 1 aromatic rings. The molecule has 6 heteroatoms. The highest BCUT2D eigenvalue weighted by atomic mass is 19.1. The van der Waals surface area contributed by atoms with Gasteiger partial charge >= 0.3 is 6.03 Å². The molecule has 5 nitrogen and oxygen atoms in total. The van der Waals surface area contributed by atoms with Gasteiger partial charge in [0.1, 0.15) is 5.82 Å². The molecule has 0 atom stereocenters. The summed E-state index contributed by atoms with van der Waals surface area (Å²) in [6.45, 7) is 1.70. The van der Waals surface area contributed by atoms with Crippen molar-refractivity contribution >= 4 is 6.03 Å². The van der Waals surface area contributed by atoms with Crippen molar-refractivity contribution in [3.63, 3.8) is 0 Å². The van der Waals surface area contributed by atoms with Crippen molar-refractivity contribution in [2.75, 3.05) is 27.2 Å². The molecule has 1 aliphatic carbocycles. The Morgan fingerprint density at radius 1 is 1.25 bits per heavy atom. The Morgan fingerprint density at radius 2 is 1.96 bits per heavy atom. The van der Waals surface area contributed by atoms with Crippen LogP contribution < -0.4 is 5.32 Å². The average Bonchev–Trinajstić information content (AvgIpc) is 2.53. The number of rotatable bonds is 6. The number of amides is 2. The first-order valence-electron chi connectivity index (χ1n) is 8.56. The molecular formula is C18H28FN3O2. The minimum Gasteiger partial charge on any atom is -0.393 e. The van der Waals surface area contributed by atoms with Gasteiger partial charge in [0.25, 0.3) is 0 Å². The first-order chi connectivity index (χ1) is 11.4. The van der Waals surface area contributed by atoms with Gasteiger partial charge in [-0.05, 0) is 57.5 Å². The Balaban J connectivity index is 1.97. The smallest absolute Gasteiger partial charge is 0.317 e. The number of benzene rings is 1. The minimum absolute atomic E-state index is 0.107. The Labute approximate surface area is 143 Å². The summed E-state index contributed by atoms with van der Waals surface area (Å²) in [6, 6.07) is 6.34. The average molecular weight is 337 g/mol. The van der Waals surface area contributed by atoms with Crippen LogP contribution in [0, 0.1) is 5.82 Å². The van der Waals surface area contributed by atoms with Crippen LogP contribution in [0.2, 0.25) is 0 Å². The van der Waals surface area contributed by atoms with E-state index in [0.717, 1.165) is 37.8 Å². The topological polar surface area (TPSA) is 55.8 Å². The fourth-order valence-electron chi connectivity index (χ4n) is 2.91. The van der Waals surface area contributed by atoms with E-state index < -0.39 is 0 Å². The van der Waals surface area contributed by atoms with Crippen LogP contribution in [-0.2, 0) is 6.54 Å². The minimum atomic E-state index is -0.290. The summed E-state index contributed by atoms with van der Waals surface area (Å²) < 4.78 is 13.4. The second kappa shape index (κ2) is 8.99. The normalized spacial score (nSPS) is 20.9. The zero-order chi connectivity index (χ0) is 17.5. The molecule has 0 heterocycles. The molecule has 2 N–H and O–H groups in total. The maximum atomic E-state index is 13.4. The Bertz CT molecular complexity index is 531. The van der Waals surface area contributed by atoms with Crippen molar-refractivity contribution in [1.82, 2.24) is 15.1 Å². The standard InChI is InChI=1S/C18H28FN3O2/c1-21(2)10-11-22(13-14-4-3-5-15(19)12-14)18(24)20-16-6-8-17(23)9-7-16/h3-5,12,16-17,23H,6-11,13H2,1-2H3,(H,20,24). The van der Waals surface area contributed by atoms with Gasteiger partial charge < -0.3 is 20.2 Å². The molecule has 0 saturated heterocycles. The van der Waals surface area contributed by atoms with Crippen molar-refractivity contribution in [1.29, 1.82) is 0 Å². The maximum Gasteiger partial charge on any atom is 0.317 e. The van der Waals surface area contributed by atoms with E-state index in [9.17, 15) is 14.3 Å². The van der Waals surface area contributed by atoms with Crippen LogP contribution in [0.25, 0.3) is 0 Å². The van der Waals surface area contributed by atoms with Crippen molar-refractivity contribution in [3.05, 3.63) is 35.6 Å². The van der Waals surface area contributed by atoms with E-state index in [1.165, 1.54) is 12.1 Å². The number of halogens is 1. The molecule has 0 unspecified atom stereocenters. The molecule has 2 rings (SSSR count). The number of urea groups is 1. The number of aliphatic hydroxyl groups is 1. The quantitative estimate of drug-likeness (QED) is 0.837. The highest BCUT2D eigenvalue weighted by molar-refractivity contribution is 5.74. The van der Waals surface area contributed by atoms with Crippen LogP contribution in [0.15, 0.2) is 24.3 Å². The first-order valence-corrected chi connectivity index (χ1v) is 8.56. The summed E-state index contributed by atoms with van der Waals surface area (Å²) in [4.78, 5) is 16.4. The Morgan fingerprint density at radius 3 is 2.58 bits per heavy atom. The molecule has 0 aromatic heterocycles. The van der Waals surface area contributed by atoms with Crippen LogP contribution in [0.1, 0.15) is 31.2 Å². The van der Waals surface area contributed by atoms with Crippen LogP contribution in [0.5, 0.6) is 0 Å². The first kappa shape index (κ1) is 18.7. The molecule has 1 aliphatic rings. The molecule has 0 radical (unpaired) electrons. The molecule has 1 aromatic carbocycles. The number of hydrogen-bond acceptors (Lipinski definition) is 3. The number of nitrogens with zero attached hydrogens (tertiary/aromatic N) is 2. The highest BCUT2D eigenvalue weighted by Crippen LogP contribution is 2.18. The lowest BCUT2D eigenvalue weighted by atomic mass is 9.93. The van der Waals surface area contributed by atoms with Crippen LogP contribution in [0.4, 0.5) is 9.18 Å². The van der Waals surface area contributed by atoms with Gasteiger partial charge in [-0.2, -0.15) is 0 Å². The summed E-state index contributed by atoms with van der Waals surface area (Å²) in [5, 5.41) is 12.6. The van der Waals surface area contributed by atoms with Gasteiger partial charge in [-0.1, -0.05) is 12.1 Å². The lowest BCUT2D eigenvalue weighted by Crippen LogP contribution is -2.47. The molecule has 0 aliphatic heterocycles. The van der Waals surface area contributed by atoms with Gasteiger partial charge in [-0.3, -0.25) is 0 Å². The third-order valence-electron chi connectivity index (χ3n) is 4.39. The molecule has 24 heavy (non-hydrogen) atoms. The maximum absolute atomic E-state index is 13.4. The van der Waals surface area contributed by atoms with E-state index in [-0.39, 0.29) is 24.0 Å². The number of carbonyl (C=O) groups is 1. The predicted molar refractivity (Wildman–Crippen MR) is 92.2 cm³/mol. The zero-order valence-electron chi connectivity index (χ0n) is 14.5. The SMILES string of the molecule is CN(C)CCN(Cc1cccc(F)c1)C(=O)NC1CCC(O)CC1. The van der Waals surface area contributed by atoms with Gasteiger partial charge in [0.2, 0.25) is 0 Å². The van der Waals surface area contributed by atoms with E-state index in [1.807, 2.05) is 25.1 Å². The van der Waals surface area contributed by atoms with Crippen LogP contribution >= 0.6 is 0 Å². The van der Waals surface area contributed by atoms with E-state index in [1.54, 1.807) is 11.0 Å². The number of aliphatic hydroxyl groups excluding tert-OH is 1. The van der Waals surface area contributed by atoms with E-state index in [2.05, 4.69) is 5.32 Å². The fraction of sp³-hybridized carbons (Fsp3) is 0.611. The van der Waals surface area contributed by atoms with E-state index >= 15 is 0 Å². The zero-order valence-corrected chi connectivity index (χ0v) is 14.5. The van der Waals surface area contributed by atoms with Crippen molar-refractivity contribution in [2.24, 2.45) is 0 Å². The lowest BCUT2D eigenvalue weighted by molar-refractivity contribution is 0.114. The van der Waals surface area contributed by atoms with E-state index in [0.29, 0.717) is 13.1 Å². The van der Waals surface area contributed by atoms with Gasteiger partial charge in [0.15, 0.2) is 0 Å². The van der Waals surface area contributed by atoms with Crippen molar-refractivity contribution < 1.29 is 14.3 Å². The fourth-order valence-corrected chi connectivity index (χ4v) is 2.91. The Kier molecular flexibility index (Phi) is 6.99. The summed E-state index contributed by atoms with van der Waals surface area (Å²) in [7, 11) is 3.92. The number of hydrogen-bond donors (Lipinski definition) is 2. The number of carbonyl (C=O) groups excluding carboxylic acids is 1. The number of nitrogens with one attached hydrogen (secondary N) is 1. The van der Waals surface area contributed by atoms with Crippen molar-refractivity contribution in [3.8, 4) is 0 Å². The number of likely N-dealkylation sites (N-methyl/N-ethyl adjacent to an activating group) is 1. The molecular weight excluding hydrogens is 309 g/mol. The summed E-state index contributed by atoms with van der Waals surface area (Å²) in [6.07, 6.45) is 2.82. The third kappa shape index (κ3) is 6.09. The van der Waals surface area contributed by atoms with Gasteiger partial charge in [0.05, 0.1) is 6.10 Å².